The summed E-state index contributed by atoms with van der Waals surface area (Å²) in [6.07, 6.45) is 0.697. The first-order chi connectivity index (χ1) is 18.9. The van der Waals surface area contributed by atoms with Gasteiger partial charge in [-0.25, -0.2) is 8.42 Å². The second-order valence-electron chi connectivity index (χ2n) is 9.11. The van der Waals surface area contributed by atoms with E-state index in [4.69, 9.17) is 46.4 Å². The van der Waals surface area contributed by atoms with Gasteiger partial charge in [0.05, 0.1) is 20.6 Å². The Hall–Kier alpha value is -2.49. The largest absolute Gasteiger partial charge is 0.354 e. The zero-order valence-electron chi connectivity index (χ0n) is 22.1. The Morgan fingerprint density at radius 2 is 1.52 bits per heavy atom. The number of sulfonamides is 1. The zero-order valence-corrected chi connectivity index (χ0v) is 26.0. The molecule has 214 valence electrons. The third-order valence-corrected chi connectivity index (χ3v) is 9.42. The van der Waals surface area contributed by atoms with Crippen molar-refractivity contribution in [2.75, 3.05) is 17.4 Å². The average molecular weight is 645 g/mol. The molecule has 1 atom stereocenters. The molecular formula is C28H29Cl4N3O4S. The average Bonchev–Trinajstić information content (AvgIpc) is 2.91. The minimum absolute atomic E-state index is 0.0218. The van der Waals surface area contributed by atoms with E-state index < -0.39 is 34.4 Å². The van der Waals surface area contributed by atoms with Crippen molar-refractivity contribution < 1.29 is 18.0 Å². The monoisotopic (exact) mass is 643 g/mol. The predicted octanol–water partition coefficient (Wildman–Crippen LogP) is 6.75. The quantitative estimate of drug-likeness (QED) is 0.250. The highest BCUT2D eigenvalue weighted by Crippen LogP contribution is 2.32. The lowest BCUT2D eigenvalue weighted by atomic mass is 10.1. The van der Waals surface area contributed by atoms with Crippen LogP contribution in [0.3, 0.4) is 0 Å². The molecule has 0 aliphatic heterocycles. The molecule has 1 N–H and O–H groups in total. The molecule has 40 heavy (non-hydrogen) atoms. The summed E-state index contributed by atoms with van der Waals surface area (Å²) in [6.45, 7) is 4.95. The van der Waals surface area contributed by atoms with E-state index in [0.29, 0.717) is 28.6 Å². The highest BCUT2D eigenvalue weighted by atomic mass is 35.5. The topological polar surface area (TPSA) is 86.8 Å². The normalized spacial score (nSPS) is 12.1. The number of anilines is 1. The van der Waals surface area contributed by atoms with E-state index in [1.807, 2.05) is 13.8 Å². The van der Waals surface area contributed by atoms with Crippen LogP contribution in [0.5, 0.6) is 0 Å². The van der Waals surface area contributed by atoms with Crippen LogP contribution in [0, 0.1) is 6.92 Å². The molecule has 0 fully saturated rings. The van der Waals surface area contributed by atoms with Gasteiger partial charge in [-0.05, 0) is 62.7 Å². The highest BCUT2D eigenvalue weighted by molar-refractivity contribution is 7.92. The van der Waals surface area contributed by atoms with E-state index >= 15 is 0 Å². The lowest BCUT2D eigenvalue weighted by Gasteiger charge is -2.32. The van der Waals surface area contributed by atoms with E-state index in [2.05, 4.69) is 5.32 Å². The molecule has 1 unspecified atom stereocenters. The molecule has 2 amide bonds. The van der Waals surface area contributed by atoms with E-state index in [-0.39, 0.29) is 27.2 Å². The van der Waals surface area contributed by atoms with Gasteiger partial charge in [-0.3, -0.25) is 13.9 Å². The standard InChI is InChI=1S/C28H29Cl4N3O4S/c1-4-14-33-28(37)19(3)34(16-22-23(29)6-5-7-24(22)30)27(36)17-35(20-10-13-25(31)26(32)15-20)40(38,39)21-11-8-18(2)9-12-21/h5-13,15,19H,4,14,16-17H2,1-3H3,(H,33,37). The van der Waals surface area contributed by atoms with Gasteiger partial charge in [-0.1, -0.05) is 77.1 Å². The third-order valence-electron chi connectivity index (χ3n) is 6.19. The summed E-state index contributed by atoms with van der Waals surface area (Å²) in [5.74, 6) is -1.06. The summed E-state index contributed by atoms with van der Waals surface area (Å²) in [7, 11) is -4.25. The Bertz CT molecular complexity index is 1460. The van der Waals surface area contributed by atoms with Crippen molar-refractivity contribution in [1.82, 2.24) is 10.2 Å². The maximum atomic E-state index is 14.0. The second-order valence-corrected chi connectivity index (χ2v) is 12.6. The molecule has 0 aliphatic rings. The molecule has 12 heteroatoms. The molecular weight excluding hydrogens is 616 g/mol. The van der Waals surface area contributed by atoms with Crippen LogP contribution in [0.1, 0.15) is 31.4 Å². The number of carbonyl (C=O) groups excluding carboxylic acids is 2. The first kappa shape index (κ1) is 32.0. The first-order valence-corrected chi connectivity index (χ1v) is 15.4. The van der Waals surface area contributed by atoms with Crippen molar-refractivity contribution in [2.45, 2.75) is 44.7 Å². The number of carbonyl (C=O) groups is 2. The van der Waals surface area contributed by atoms with Gasteiger partial charge in [-0.15, -0.1) is 0 Å². The van der Waals surface area contributed by atoms with Crippen LogP contribution < -0.4 is 9.62 Å². The molecule has 3 aromatic carbocycles. The lowest BCUT2D eigenvalue weighted by Crippen LogP contribution is -2.51. The van der Waals surface area contributed by atoms with Gasteiger partial charge in [0.2, 0.25) is 11.8 Å². The molecule has 0 radical (unpaired) electrons. The maximum Gasteiger partial charge on any atom is 0.264 e. The van der Waals surface area contributed by atoms with Crippen LogP contribution in [-0.4, -0.2) is 44.3 Å². The smallest absolute Gasteiger partial charge is 0.264 e. The predicted molar refractivity (Wildman–Crippen MR) is 162 cm³/mol. The van der Waals surface area contributed by atoms with Gasteiger partial charge >= 0.3 is 0 Å². The van der Waals surface area contributed by atoms with Gasteiger partial charge in [-0.2, -0.15) is 0 Å². The molecule has 0 aliphatic carbocycles. The van der Waals surface area contributed by atoms with Crippen molar-refractivity contribution in [3.8, 4) is 0 Å². The summed E-state index contributed by atoms with van der Waals surface area (Å²) in [4.78, 5) is 28.1. The minimum Gasteiger partial charge on any atom is -0.354 e. The SMILES string of the molecule is CCCNC(=O)C(C)N(Cc1c(Cl)cccc1Cl)C(=O)CN(c1ccc(Cl)c(Cl)c1)S(=O)(=O)c1ccc(C)cc1. The Morgan fingerprint density at radius 1 is 0.900 bits per heavy atom. The number of nitrogens with zero attached hydrogens (tertiary/aromatic N) is 2. The van der Waals surface area contributed by atoms with Crippen LogP contribution >= 0.6 is 46.4 Å². The van der Waals surface area contributed by atoms with Gasteiger partial charge in [0.25, 0.3) is 10.0 Å². The molecule has 3 rings (SSSR count). The Balaban J connectivity index is 2.08. The van der Waals surface area contributed by atoms with Crippen LogP contribution in [0.25, 0.3) is 0 Å². The molecule has 7 nitrogen and oxygen atoms in total. The van der Waals surface area contributed by atoms with Crippen molar-refractivity contribution in [1.29, 1.82) is 0 Å². The summed E-state index contributed by atoms with van der Waals surface area (Å²) >= 11 is 25.1. The molecule has 0 heterocycles. The highest BCUT2D eigenvalue weighted by Gasteiger charge is 2.33. The number of benzene rings is 3. The number of nitrogens with one attached hydrogen (secondary N) is 1. The summed E-state index contributed by atoms with van der Waals surface area (Å²) < 4.78 is 28.7. The number of amides is 2. The number of rotatable bonds is 11. The van der Waals surface area contributed by atoms with E-state index in [1.165, 1.54) is 35.2 Å². The first-order valence-electron chi connectivity index (χ1n) is 12.4. The summed E-state index contributed by atoms with van der Waals surface area (Å²) in [6, 6.07) is 14.5. The second kappa shape index (κ2) is 13.9. The molecule has 3 aromatic rings. The van der Waals surface area contributed by atoms with Crippen LogP contribution in [0.2, 0.25) is 20.1 Å². The Kier molecular flexibility index (Phi) is 11.1. The summed E-state index contributed by atoms with van der Waals surface area (Å²) in [5, 5.41) is 3.73. The Labute approximate surface area is 255 Å². The zero-order chi connectivity index (χ0) is 29.6. The number of hydrogen-bond acceptors (Lipinski definition) is 4. The van der Waals surface area contributed by atoms with Gasteiger partial charge < -0.3 is 10.2 Å². The molecule has 0 aromatic heterocycles. The van der Waals surface area contributed by atoms with Crippen molar-refractivity contribution in [3.05, 3.63) is 91.9 Å². The number of halogens is 4. The van der Waals surface area contributed by atoms with Gasteiger partial charge in [0.15, 0.2) is 0 Å². The fourth-order valence-corrected chi connectivity index (χ4v) is 6.05. The van der Waals surface area contributed by atoms with E-state index in [0.717, 1.165) is 9.87 Å². The minimum atomic E-state index is -4.25. The Morgan fingerprint density at radius 3 is 2.10 bits per heavy atom. The molecule has 0 saturated heterocycles. The molecule has 0 spiro atoms. The fourth-order valence-electron chi connectivity index (χ4n) is 3.84. The van der Waals surface area contributed by atoms with Crippen LogP contribution in [-0.2, 0) is 26.2 Å². The van der Waals surface area contributed by atoms with Crippen LogP contribution in [0.4, 0.5) is 5.69 Å². The van der Waals surface area contributed by atoms with Crippen LogP contribution in [0.15, 0.2) is 65.6 Å². The fraction of sp³-hybridized carbons (Fsp3) is 0.286. The molecule has 0 saturated carbocycles. The maximum absolute atomic E-state index is 14.0. The summed E-state index contributed by atoms with van der Waals surface area (Å²) in [5.41, 5.74) is 1.42. The van der Waals surface area contributed by atoms with Gasteiger partial charge in [0.1, 0.15) is 12.6 Å². The van der Waals surface area contributed by atoms with E-state index in [9.17, 15) is 18.0 Å². The number of aryl methyl sites for hydroxylation is 1. The van der Waals surface area contributed by atoms with Crippen molar-refractivity contribution in [2.24, 2.45) is 0 Å². The molecule has 0 bridgehead atoms. The third kappa shape index (κ3) is 7.62. The number of hydrogen-bond donors (Lipinski definition) is 1. The lowest BCUT2D eigenvalue weighted by molar-refractivity contribution is -0.139. The van der Waals surface area contributed by atoms with Crippen molar-refractivity contribution in [3.63, 3.8) is 0 Å². The van der Waals surface area contributed by atoms with Crippen molar-refractivity contribution >= 4 is 73.9 Å². The van der Waals surface area contributed by atoms with E-state index in [1.54, 1.807) is 37.3 Å². The van der Waals surface area contributed by atoms with Gasteiger partial charge in [0, 0.05) is 28.7 Å².